The van der Waals surface area contributed by atoms with Crippen LogP contribution in [0, 0.1) is 13.8 Å². The summed E-state index contributed by atoms with van der Waals surface area (Å²) in [5.41, 5.74) is 7.00. The molecule has 1 atom stereocenters. The zero-order valence-corrected chi connectivity index (χ0v) is 13.0. The average Bonchev–Trinajstić information content (AvgIpc) is 3.02. The van der Waals surface area contributed by atoms with Gasteiger partial charge in [0.2, 0.25) is 0 Å². The molecule has 2 N–H and O–H groups in total. The fourth-order valence-electron chi connectivity index (χ4n) is 2.09. The molecule has 1 amide bonds. The fraction of sp³-hybridized carbons (Fsp3) is 0.429. The van der Waals surface area contributed by atoms with Crippen molar-refractivity contribution in [2.75, 3.05) is 7.05 Å². The molecule has 0 aromatic carbocycles. The minimum absolute atomic E-state index is 0.0232. The number of nitrogens with two attached hydrogens (primary N) is 1. The van der Waals surface area contributed by atoms with Gasteiger partial charge >= 0.3 is 0 Å². The van der Waals surface area contributed by atoms with Crippen molar-refractivity contribution in [1.82, 2.24) is 9.88 Å². The van der Waals surface area contributed by atoms with Gasteiger partial charge in [0, 0.05) is 11.9 Å². The highest BCUT2D eigenvalue weighted by molar-refractivity contribution is 7.11. The zero-order valence-electron chi connectivity index (χ0n) is 12.1. The standard InChI is InChI=1S/C14H19N3O2S/c1-8-13(20-10(3)16-8)9(2)17(4)14(18)11-5-12(6-15)19-7-11/h5,7,9H,6,15H2,1-4H3. The lowest BCUT2D eigenvalue weighted by Crippen LogP contribution is -2.29. The minimum atomic E-state index is -0.0774. The van der Waals surface area contributed by atoms with Crippen molar-refractivity contribution < 1.29 is 9.21 Å². The van der Waals surface area contributed by atoms with E-state index >= 15 is 0 Å². The normalized spacial score (nSPS) is 12.4. The van der Waals surface area contributed by atoms with Crippen LogP contribution >= 0.6 is 11.3 Å². The second-order valence-corrected chi connectivity index (χ2v) is 6.02. The number of carbonyl (C=O) groups excluding carboxylic acids is 1. The van der Waals surface area contributed by atoms with Crippen LogP contribution in [0.2, 0.25) is 0 Å². The summed E-state index contributed by atoms with van der Waals surface area (Å²) in [7, 11) is 1.79. The molecule has 0 spiro atoms. The molecular weight excluding hydrogens is 274 g/mol. The fourth-order valence-corrected chi connectivity index (χ4v) is 3.11. The summed E-state index contributed by atoms with van der Waals surface area (Å²) in [5.74, 6) is 0.533. The van der Waals surface area contributed by atoms with E-state index in [1.807, 2.05) is 20.8 Å². The molecular formula is C14H19N3O2S. The van der Waals surface area contributed by atoms with Crippen molar-refractivity contribution in [3.63, 3.8) is 0 Å². The minimum Gasteiger partial charge on any atom is -0.467 e. The number of carbonyl (C=O) groups is 1. The van der Waals surface area contributed by atoms with Crippen molar-refractivity contribution in [1.29, 1.82) is 0 Å². The molecule has 0 bridgehead atoms. The Labute approximate surface area is 122 Å². The Kier molecular flexibility index (Phi) is 4.25. The lowest BCUT2D eigenvalue weighted by molar-refractivity contribution is 0.0744. The molecule has 1 unspecified atom stereocenters. The van der Waals surface area contributed by atoms with Crippen LogP contribution in [0.5, 0.6) is 0 Å². The third kappa shape index (κ3) is 2.76. The number of aryl methyl sites for hydroxylation is 2. The van der Waals surface area contributed by atoms with E-state index in [-0.39, 0.29) is 11.9 Å². The second kappa shape index (κ2) is 5.76. The Morgan fingerprint density at radius 1 is 1.55 bits per heavy atom. The van der Waals surface area contributed by atoms with Gasteiger partial charge in [-0.3, -0.25) is 4.79 Å². The quantitative estimate of drug-likeness (QED) is 0.940. The molecule has 108 valence electrons. The van der Waals surface area contributed by atoms with Gasteiger partial charge in [0.25, 0.3) is 5.91 Å². The third-order valence-electron chi connectivity index (χ3n) is 3.32. The van der Waals surface area contributed by atoms with Crippen molar-refractivity contribution >= 4 is 17.2 Å². The molecule has 0 fully saturated rings. The van der Waals surface area contributed by atoms with Gasteiger partial charge < -0.3 is 15.1 Å². The second-order valence-electron chi connectivity index (χ2n) is 4.78. The summed E-state index contributed by atoms with van der Waals surface area (Å²) < 4.78 is 5.22. The molecule has 0 saturated carbocycles. The molecule has 0 saturated heterocycles. The molecule has 2 aromatic heterocycles. The molecule has 0 aliphatic carbocycles. The maximum Gasteiger partial charge on any atom is 0.257 e. The highest BCUT2D eigenvalue weighted by Gasteiger charge is 2.23. The maximum absolute atomic E-state index is 12.4. The molecule has 5 nitrogen and oxygen atoms in total. The first-order valence-electron chi connectivity index (χ1n) is 6.42. The van der Waals surface area contributed by atoms with E-state index in [0.717, 1.165) is 15.6 Å². The highest BCUT2D eigenvalue weighted by Crippen LogP contribution is 2.29. The van der Waals surface area contributed by atoms with Crippen LogP contribution in [0.4, 0.5) is 0 Å². The first-order chi connectivity index (χ1) is 9.43. The van der Waals surface area contributed by atoms with Crippen LogP contribution in [-0.2, 0) is 6.54 Å². The van der Waals surface area contributed by atoms with E-state index in [4.69, 9.17) is 10.2 Å². The van der Waals surface area contributed by atoms with Gasteiger partial charge in [0.1, 0.15) is 12.0 Å². The first kappa shape index (κ1) is 14.7. The average molecular weight is 293 g/mol. The number of amides is 1. The summed E-state index contributed by atoms with van der Waals surface area (Å²) in [6, 6.07) is 1.67. The third-order valence-corrected chi connectivity index (χ3v) is 4.57. The van der Waals surface area contributed by atoms with Crippen LogP contribution < -0.4 is 5.73 Å². The number of aromatic nitrogens is 1. The van der Waals surface area contributed by atoms with Crippen LogP contribution in [0.1, 0.15) is 44.7 Å². The molecule has 20 heavy (non-hydrogen) atoms. The van der Waals surface area contributed by atoms with Crippen LogP contribution in [-0.4, -0.2) is 22.8 Å². The predicted octanol–water partition coefficient (Wildman–Crippen LogP) is 2.64. The van der Waals surface area contributed by atoms with Crippen LogP contribution in [0.3, 0.4) is 0 Å². The zero-order chi connectivity index (χ0) is 14.9. The lowest BCUT2D eigenvalue weighted by atomic mass is 10.2. The number of nitrogens with zero attached hydrogens (tertiary/aromatic N) is 2. The van der Waals surface area contributed by atoms with Crippen molar-refractivity contribution in [2.24, 2.45) is 5.73 Å². The molecule has 0 aliphatic heterocycles. The molecule has 6 heteroatoms. The Balaban J connectivity index is 2.19. The summed E-state index contributed by atoms with van der Waals surface area (Å²) in [6.07, 6.45) is 1.46. The maximum atomic E-state index is 12.4. The van der Waals surface area contributed by atoms with E-state index < -0.39 is 0 Å². The van der Waals surface area contributed by atoms with Gasteiger partial charge in [-0.15, -0.1) is 11.3 Å². The number of thiazole rings is 1. The largest absolute Gasteiger partial charge is 0.467 e. The monoisotopic (exact) mass is 293 g/mol. The van der Waals surface area contributed by atoms with Gasteiger partial charge in [-0.2, -0.15) is 0 Å². The summed E-state index contributed by atoms with van der Waals surface area (Å²) >= 11 is 1.62. The first-order valence-corrected chi connectivity index (χ1v) is 7.24. The highest BCUT2D eigenvalue weighted by atomic mass is 32.1. The number of furan rings is 1. The topological polar surface area (TPSA) is 72.4 Å². The van der Waals surface area contributed by atoms with E-state index in [2.05, 4.69) is 4.98 Å². The Bertz CT molecular complexity index is 618. The van der Waals surface area contributed by atoms with E-state index in [0.29, 0.717) is 17.9 Å². The molecule has 0 aliphatic rings. The molecule has 2 aromatic rings. The van der Waals surface area contributed by atoms with Gasteiger partial charge in [-0.25, -0.2) is 4.98 Å². The smallest absolute Gasteiger partial charge is 0.257 e. The van der Waals surface area contributed by atoms with Gasteiger partial charge in [-0.1, -0.05) is 0 Å². The van der Waals surface area contributed by atoms with Crippen LogP contribution in [0.25, 0.3) is 0 Å². The predicted molar refractivity (Wildman–Crippen MR) is 78.7 cm³/mol. The number of rotatable bonds is 4. The van der Waals surface area contributed by atoms with Crippen molar-refractivity contribution in [3.05, 3.63) is 39.2 Å². The van der Waals surface area contributed by atoms with E-state index in [1.165, 1.54) is 6.26 Å². The number of hydrogen-bond donors (Lipinski definition) is 1. The van der Waals surface area contributed by atoms with Crippen molar-refractivity contribution in [3.8, 4) is 0 Å². The number of hydrogen-bond acceptors (Lipinski definition) is 5. The van der Waals surface area contributed by atoms with Gasteiger partial charge in [0.05, 0.1) is 28.9 Å². The Hall–Kier alpha value is -1.66. The van der Waals surface area contributed by atoms with Gasteiger partial charge in [0.15, 0.2) is 0 Å². The lowest BCUT2D eigenvalue weighted by Gasteiger charge is -2.23. The Morgan fingerprint density at radius 3 is 2.75 bits per heavy atom. The molecule has 2 rings (SSSR count). The Morgan fingerprint density at radius 2 is 2.25 bits per heavy atom. The SMILES string of the molecule is Cc1nc(C)c(C(C)N(C)C(=O)c2coc(CN)c2)s1. The summed E-state index contributed by atoms with van der Waals surface area (Å²) in [5, 5.41) is 1.01. The summed E-state index contributed by atoms with van der Waals surface area (Å²) in [6.45, 7) is 6.23. The van der Waals surface area contributed by atoms with Gasteiger partial charge in [-0.05, 0) is 26.8 Å². The molecule has 0 radical (unpaired) electrons. The summed E-state index contributed by atoms with van der Waals surface area (Å²) in [4.78, 5) is 19.6. The van der Waals surface area contributed by atoms with Crippen molar-refractivity contribution in [2.45, 2.75) is 33.4 Å². The van der Waals surface area contributed by atoms with E-state index in [9.17, 15) is 4.79 Å². The van der Waals surface area contributed by atoms with E-state index in [1.54, 1.807) is 29.4 Å². The van der Waals surface area contributed by atoms with Crippen LogP contribution in [0.15, 0.2) is 16.7 Å². The molecule has 2 heterocycles.